The first kappa shape index (κ1) is 20.4. The van der Waals surface area contributed by atoms with E-state index < -0.39 is 11.4 Å². The highest BCUT2D eigenvalue weighted by atomic mass is 19.1. The Hall–Kier alpha value is -3.48. The van der Waals surface area contributed by atoms with Crippen molar-refractivity contribution in [1.29, 1.82) is 0 Å². The van der Waals surface area contributed by atoms with Crippen LogP contribution in [-0.2, 0) is 4.79 Å². The van der Waals surface area contributed by atoms with Crippen molar-refractivity contribution in [3.8, 4) is 11.1 Å². The van der Waals surface area contributed by atoms with Crippen LogP contribution in [0.15, 0.2) is 47.4 Å². The van der Waals surface area contributed by atoms with E-state index in [1.807, 2.05) is 26.0 Å². The summed E-state index contributed by atoms with van der Waals surface area (Å²) >= 11 is 0. The van der Waals surface area contributed by atoms with Crippen LogP contribution in [0.2, 0.25) is 0 Å². The van der Waals surface area contributed by atoms with Gasteiger partial charge in [-0.3, -0.25) is 14.7 Å². The molecule has 1 aliphatic carbocycles. The molecule has 2 N–H and O–H groups in total. The van der Waals surface area contributed by atoms with Gasteiger partial charge >= 0.3 is 5.97 Å². The molecule has 7 heteroatoms. The summed E-state index contributed by atoms with van der Waals surface area (Å²) in [7, 11) is 0. The van der Waals surface area contributed by atoms with Crippen LogP contribution in [0.4, 0.5) is 4.39 Å². The summed E-state index contributed by atoms with van der Waals surface area (Å²) in [6, 6.07) is 9.85. The number of carbonyl (C=O) groups is 1. The van der Waals surface area contributed by atoms with Gasteiger partial charge in [-0.2, -0.15) is 5.10 Å². The number of hydrogen-bond acceptors (Lipinski definition) is 3. The molecule has 6 nitrogen and oxygen atoms in total. The minimum Gasteiger partial charge on any atom is -0.481 e. The lowest BCUT2D eigenvalue weighted by molar-refractivity contribution is -0.155. The Morgan fingerprint density at radius 3 is 2.53 bits per heavy atom. The topological polar surface area (TPSA) is 88.0 Å². The Morgan fingerprint density at radius 1 is 1.22 bits per heavy atom. The lowest BCUT2D eigenvalue weighted by Gasteiger charge is -2.44. The van der Waals surface area contributed by atoms with E-state index in [2.05, 4.69) is 10.2 Å². The minimum absolute atomic E-state index is 0.0103. The highest BCUT2D eigenvalue weighted by Crippen LogP contribution is 2.50. The summed E-state index contributed by atoms with van der Waals surface area (Å²) in [5.74, 6) is -1.18. The number of nitrogens with one attached hydrogen (secondary N) is 1. The molecule has 0 atom stereocenters. The van der Waals surface area contributed by atoms with Gasteiger partial charge in [-0.1, -0.05) is 26.0 Å². The molecule has 0 saturated heterocycles. The maximum absolute atomic E-state index is 13.8. The second kappa shape index (κ2) is 7.02. The number of nitrogens with zero attached hydrogens (tertiary/aromatic N) is 2. The van der Waals surface area contributed by atoms with Gasteiger partial charge in [0.15, 0.2) is 0 Å². The maximum atomic E-state index is 13.8. The predicted molar refractivity (Wildman–Crippen MR) is 121 cm³/mol. The first-order valence-corrected chi connectivity index (χ1v) is 10.7. The van der Waals surface area contributed by atoms with Crippen molar-refractivity contribution in [2.75, 3.05) is 0 Å². The third kappa shape index (κ3) is 2.95. The fourth-order valence-electron chi connectivity index (χ4n) is 5.06. The van der Waals surface area contributed by atoms with Gasteiger partial charge in [-0.15, -0.1) is 0 Å². The van der Waals surface area contributed by atoms with Crippen LogP contribution in [-0.4, -0.2) is 25.8 Å². The number of fused-ring (bicyclic) bond motifs is 2. The van der Waals surface area contributed by atoms with Crippen molar-refractivity contribution in [2.24, 2.45) is 5.41 Å². The fourth-order valence-corrected chi connectivity index (χ4v) is 5.06. The van der Waals surface area contributed by atoms with E-state index in [1.54, 1.807) is 29.8 Å². The monoisotopic (exact) mass is 433 g/mol. The number of carboxylic acids is 1. The van der Waals surface area contributed by atoms with Gasteiger partial charge in [0.05, 0.1) is 17.1 Å². The van der Waals surface area contributed by atoms with Crippen LogP contribution >= 0.6 is 0 Å². The molecule has 1 saturated carbocycles. The van der Waals surface area contributed by atoms with E-state index >= 15 is 0 Å². The number of benzene rings is 2. The number of aromatic nitrogens is 3. The van der Waals surface area contributed by atoms with Crippen LogP contribution in [0.25, 0.3) is 32.8 Å². The van der Waals surface area contributed by atoms with Gasteiger partial charge < -0.3 is 9.67 Å². The number of H-pyrrole nitrogens is 1. The third-order valence-corrected chi connectivity index (χ3v) is 6.75. The van der Waals surface area contributed by atoms with Gasteiger partial charge in [0, 0.05) is 28.1 Å². The minimum atomic E-state index is -0.841. The number of hydrogen-bond donors (Lipinski definition) is 2. The zero-order valence-electron chi connectivity index (χ0n) is 18.1. The van der Waals surface area contributed by atoms with Gasteiger partial charge in [-0.25, -0.2) is 4.39 Å². The Labute approximate surface area is 183 Å². The zero-order chi connectivity index (χ0) is 22.8. The SMILES string of the molecule is CC(C)c1c(-c2ccc(F)cc2)c2cc3cn[nH]c3cc2c(=O)n1C1CC(C)(C(=O)O)C1. The highest BCUT2D eigenvalue weighted by Gasteiger charge is 2.48. The largest absolute Gasteiger partial charge is 0.481 e. The molecule has 1 fully saturated rings. The average Bonchev–Trinajstić information content (AvgIpc) is 3.18. The zero-order valence-corrected chi connectivity index (χ0v) is 18.1. The molecule has 0 unspecified atom stereocenters. The Morgan fingerprint density at radius 2 is 1.91 bits per heavy atom. The molecule has 0 spiro atoms. The second-order valence-electron chi connectivity index (χ2n) is 9.38. The van der Waals surface area contributed by atoms with E-state index in [4.69, 9.17) is 0 Å². The summed E-state index contributed by atoms with van der Waals surface area (Å²) in [5, 5.41) is 18.8. The van der Waals surface area contributed by atoms with Crippen LogP contribution in [0.3, 0.4) is 0 Å². The maximum Gasteiger partial charge on any atom is 0.309 e. The summed E-state index contributed by atoms with van der Waals surface area (Å²) in [4.78, 5) is 25.5. The molecule has 0 aliphatic heterocycles. The second-order valence-corrected chi connectivity index (χ2v) is 9.38. The normalized spacial score (nSPS) is 20.7. The smallest absolute Gasteiger partial charge is 0.309 e. The van der Waals surface area contributed by atoms with E-state index in [9.17, 15) is 19.1 Å². The molecule has 2 heterocycles. The number of aromatic amines is 1. The number of aliphatic carboxylic acids is 1. The lowest BCUT2D eigenvalue weighted by atomic mass is 9.66. The third-order valence-electron chi connectivity index (χ3n) is 6.75. The van der Waals surface area contributed by atoms with Crippen LogP contribution in [0.5, 0.6) is 0 Å². The lowest BCUT2D eigenvalue weighted by Crippen LogP contribution is -2.46. The molecule has 1 aliphatic rings. The molecule has 0 radical (unpaired) electrons. The van der Waals surface area contributed by atoms with Crippen molar-refractivity contribution in [3.63, 3.8) is 0 Å². The summed E-state index contributed by atoms with van der Waals surface area (Å²) in [6.07, 6.45) is 2.50. The molecule has 5 rings (SSSR count). The molecule has 2 aromatic carbocycles. The van der Waals surface area contributed by atoms with Gasteiger partial charge in [-0.05, 0) is 60.9 Å². The Bertz CT molecular complexity index is 1430. The highest BCUT2D eigenvalue weighted by molar-refractivity contribution is 6.04. The first-order valence-electron chi connectivity index (χ1n) is 10.7. The number of rotatable bonds is 4. The standard InChI is InChI=1S/C25H24FN3O3/c1-13(2)22-21(14-4-6-16(26)7-5-14)18-8-15-12-27-28-20(15)9-19(18)23(30)29(22)17-10-25(3,11-17)24(31)32/h4-9,12-13,17H,10-11H2,1-3H3,(H,27,28)(H,31,32). The summed E-state index contributed by atoms with van der Waals surface area (Å²) < 4.78 is 15.5. The molecule has 0 amide bonds. The van der Waals surface area contributed by atoms with Crippen molar-refractivity contribution in [2.45, 2.75) is 45.6 Å². The Balaban J connectivity index is 1.87. The van der Waals surface area contributed by atoms with E-state index in [-0.39, 0.29) is 23.3 Å². The van der Waals surface area contributed by atoms with E-state index in [0.29, 0.717) is 18.2 Å². The molecular weight excluding hydrogens is 409 g/mol. The van der Waals surface area contributed by atoms with Gasteiger partial charge in [0.25, 0.3) is 5.56 Å². The van der Waals surface area contributed by atoms with Crippen LogP contribution in [0.1, 0.15) is 51.3 Å². The quantitative estimate of drug-likeness (QED) is 0.461. The van der Waals surface area contributed by atoms with E-state index in [0.717, 1.165) is 33.1 Å². The van der Waals surface area contributed by atoms with Crippen molar-refractivity contribution >= 4 is 27.6 Å². The van der Waals surface area contributed by atoms with Crippen molar-refractivity contribution in [3.05, 3.63) is 64.5 Å². The number of carboxylic acid groups (broad SMARTS) is 1. The van der Waals surface area contributed by atoms with Gasteiger partial charge in [0.1, 0.15) is 5.82 Å². The van der Waals surface area contributed by atoms with E-state index in [1.165, 1.54) is 12.1 Å². The molecule has 0 bridgehead atoms. The van der Waals surface area contributed by atoms with Crippen molar-refractivity contribution in [1.82, 2.24) is 14.8 Å². The molecule has 4 aromatic rings. The summed E-state index contributed by atoms with van der Waals surface area (Å²) in [6.45, 7) is 5.77. The average molecular weight is 433 g/mol. The number of pyridine rings is 1. The molecular formula is C25H24FN3O3. The molecule has 32 heavy (non-hydrogen) atoms. The first-order chi connectivity index (χ1) is 15.2. The summed E-state index contributed by atoms with van der Waals surface area (Å²) in [5.41, 5.74) is 2.32. The van der Waals surface area contributed by atoms with Crippen LogP contribution in [0, 0.1) is 11.2 Å². The van der Waals surface area contributed by atoms with Crippen molar-refractivity contribution < 1.29 is 14.3 Å². The van der Waals surface area contributed by atoms with Crippen LogP contribution < -0.4 is 5.56 Å². The fraction of sp³-hybridized carbons (Fsp3) is 0.320. The predicted octanol–water partition coefficient (Wildman–Crippen LogP) is 5.23. The molecule has 164 valence electrons. The molecule has 2 aromatic heterocycles. The van der Waals surface area contributed by atoms with Gasteiger partial charge in [0.2, 0.25) is 0 Å². The number of halogens is 1. The Kier molecular flexibility index (Phi) is 4.48.